The van der Waals surface area contributed by atoms with Crippen molar-refractivity contribution in [3.63, 3.8) is 0 Å². The number of aromatic nitrogens is 3. The van der Waals surface area contributed by atoms with Crippen LogP contribution in [0.25, 0.3) is 5.65 Å². The number of aromatic carboxylic acids is 1. The van der Waals surface area contributed by atoms with Gasteiger partial charge in [-0.3, -0.25) is 0 Å². The first-order valence-corrected chi connectivity index (χ1v) is 4.21. The van der Waals surface area contributed by atoms with Crippen LogP contribution >= 0.6 is 15.9 Å². The van der Waals surface area contributed by atoms with Gasteiger partial charge in [-0.05, 0) is 22.0 Å². The lowest BCUT2D eigenvalue weighted by Crippen LogP contribution is -1.97. The Morgan fingerprint density at radius 1 is 1.62 bits per heavy atom. The zero-order chi connectivity index (χ0) is 9.42. The predicted molar refractivity (Wildman–Crippen MR) is 47.6 cm³/mol. The lowest BCUT2D eigenvalue weighted by molar-refractivity contribution is 0.0690. The lowest BCUT2D eigenvalue weighted by atomic mass is 10.4. The molecule has 2 heterocycles. The molecule has 0 aliphatic heterocycles. The van der Waals surface area contributed by atoms with E-state index in [9.17, 15) is 4.79 Å². The van der Waals surface area contributed by atoms with E-state index in [-0.39, 0.29) is 5.69 Å². The maximum atomic E-state index is 10.5. The Kier molecular flexibility index (Phi) is 1.77. The van der Waals surface area contributed by atoms with Gasteiger partial charge in [0, 0.05) is 12.3 Å². The molecule has 5 nitrogen and oxygen atoms in total. The molecule has 0 aromatic carbocycles. The van der Waals surface area contributed by atoms with Crippen LogP contribution in [0.1, 0.15) is 10.5 Å². The summed E-state index contributed by atoms with van der Waals surface area (Å²) in [5, 5.41) is 12.4. The molecule has 66 valence electrons. The minimum atomic E-state index is -1.05. The molecule has 0 aliphatic rings. The van der Waals surface area contributed by atoms with Crippen molar-refractivity contribution in [3.05, 3.63) is 28.6 Å². The fourth-order valence-corrected chi connectivity index (χ4v) is 1.26. The Labute approximate surface area is 81.1 Å². The Hall–Kier alpha value is -1.43. The Morgan fingerprint density at radius 2 is 2.38 bits per heavy atom. The van der Waals surface area contributed by atoms with E-state index in [1.54, 1.807) is 12.3 Å². The summed E-state index contributed by atoms with van der Waals surface area (Å²) in [6.45, 7) is 0. The van der Waals surface area contributed by atoms with Crippen molar-refractivity contribution in [2.45, 2.75) is 0 Å². The van der Waals surface area contributed by atoms with Gasteiger partial charge in [0.2, 0.25) is 0 Å². The Morgan fingerprint density at radius 3 is 3.08 bits per heavy atom. The third kappa shape index (κ3) is 1.40. The van der Waals surface area contributed by atoms with Crippen LogP contribution in [0.4, 0.5) is 0 Å². The quantitative estimate of drug-likeness (QED) is 0.762. The zero-order valence-electron chi connectivity index (χ0n) is 6.31. The van der Waals surface area contributed by atoms with Gasteiger partial charge in [-0.2, -0.15) is 5.10 Å². The molecule has 0 bridgehead atoms. The maximum Gasteiger partial charge on any atom is 0.356 e. The average molecular weight is 242 g/mol. The van der Waals surface area contributed by atoms with Crippen molar-refractivity contribution in [2.24, 2.45) is 0 Å². The molecule has 0 saturated heterocycles. The molecule has 13 heavy (non-hydrogen) atoms. The normalized spacial score (nSPS) is 10.5. The van der Waals surface area contributed by atoms with Gasteiger partial charge < -0.3 is 5.11 Å². The number of hydrogen-bond acceptors (Lipinski definition) is 3. The van der Waals surface area contributed by atoms with Crippen molar-refractivity contribution >= 4 is 27.5 Å². The van der Waals surface area contributed by atoms with Crippen LogP contribution in [0, 0.1) is 0 Å². The van der Waals surface area contributed by atoms with E-state index in [0.717, 1.165) is 0 Å². The second-order valence-electron chi connectivity index (χ2n) is 2.39. The number of halogens is 1. The Balaban J connectivity index is 2.68. The van der Waals surface area contributed by atoms with Gasteiger partial charge in [-0.15, -0.1) is 0 Å². The van der Waals surface area contributed by atoms with Crippen molar-refractivity contribution in [2.75, 3.05) is 0 Å². The Bertz CT molecular complexity index is 480. The second-order valence-corrected chi connectivity index (χ2v) is 3.20. The molecule has 0 spiro atoms. The van der Waals surface area contributed by atoms with Gasteiger partial charge in [0.15, 0.2) is 11.3 Å². The van der Waals surface area contributed by atoms with E-state index in [1.165, 1.54) is 10.6 Å². The number of carboxylic acids is 1. The van der Waals surface area contributed by atoms with Gasteiger partial charge in [-0.1, -0.05) is 0 Å². The highest BCUT2D eigenvalue weighted by atomic mass is 79.9. The first-order valence-electron chi connectivity index (χ1n) is 3.42. The summed E-state index contributed by atoms with van der Waals surface area (Å²) in [7, 11) is 0. The number of hydrogen-bond donors (Lipinski definition) is 1. The average Bonchev–Trinajstić information content (AvgIpc) is 2.46. The summed E-state index contributed by atoms with van der Waals surface area (Å²) < 4.78 is 2.06. The summed E-state index contributed by atoms with van der Waals surface area (Å²) in [5.41, 5.74) is 0.498. The molecule has 6 heteroatoms. The fraction of sp³-hybridized carbons (Fsp3) is 0. The molecule has 0 fully saturated rings. The molecule has 2 aromatic rings. The molecule has 1 N–H and O–H groups in total. The number of nitrogens with zero attached hydrogens (tertiary/aromatic N) is 3. The first-order chi connectivity index (χ1) is 6.16. The molecular formula is C7H4BrN3O2. The highest BCUT2D eigenvalue weighted by Gasteiger charge is 2.08. The number of carbonyl (C=O) groups is 1. The van der Waals surface area contributed by atoms with Gasteiger partial charge in [0.25, 0.3) is 0 Å². The van der Waals surface area contributed by atoms with Crippen molar-refractivity contribution in [3.8, 4) is 0 Å². The highest BCUT2D eigenvalue weighted by molar-refractivity contribution is 9.10. The third-order valence-electron chi connectivity index (χ3n) is 1.51. The van der Waals surface area contributed by atoms with Crippen molar-refractivity contribution in [1.82, 2.24) is 14.6 Å². The van der Waals surface area contributed by atoms with Crippen LogP contribution in [-0.2, 0) is 0 Å². The molecule has 0 amide bonds. The van der Waals surface area contributed by atoms with E-state index in [4.69, 9.17) is 5.11 Å². The lowest BCUT2D eigenvalue weighted by Gasteiger charge is -1.90. The van der Waals surface area contributed by atoms with E-state index >= 15 is 0 Å². The van der Waals surface area contributed by atoms with Crippen molar-refractivity contribution in [1.29, 1.82) is 0 Å². The standard InChI is InChI=1S/C7H4BrN3O2/c8-5-1-2-11-6(9-5)3-4(10-11)7(12)13/h1-3H,(H,12,13). The largest absolute Gasteiger partial charge is 0.476 e. The molecule has 0 atom stereocenters. The fourth-order valence-electron chi connectivity index (χ4n) is 0.961. The van der Waals surface area contributed by atoms with Crippen LogP contribution in [0.5, 0.6) is 0 Å². The first kappa shape index (κ1) is 8.18. The topological polar surface area (TPSA) is 67.5 Å². The molecule has 2 rings (SSSR count). The molecule has 0 unspecified atom stereocenters. The molecule has 0 aliphatic carbocycles. The number of carboxylic acid groups (broad SMARTS) is 1. The number of rotatable bonds is 1. The molecule has 2 aromatic heterocycles. The van der Waals surface area contributed by atoms with Crippen molar-refractivity contribution < 1.29 is 9.90 Å². The summed E-state index contributed by atoms with van der Waals surface area (Å²) in [6.07, 6.45) is 1.64. The summed E-state index contributed by atoms with van der Waals surface area (Å²) in [5.74, 6) is -1.05. The van der Waals surface area contributed by atoms with Crippen LogP contribution in [-0.4, -0.2) is 25.7 Å². The van der Waals surface area contributed by atoms with Crippen LogP contribution in [0.15, 0.2) is 22.9 Å². The third-order valence-corrected chi connectivity index (χ3v) is 1.95. The van der Waals surface area contributed by atoms with Crippen LogP contribution < -0.4 is 0 Å². The molecule has 0 radical (unpaired) electrons. The molecule has 0 saturated carbocycles. The van der Waals surface area contributed by atoms with E-state index in [0.29, 0.717) is 10.3 Å². The predicted octanol–water partition coefficient (Wildman–Crippen LogP) is 1.19. The second kappa shape index (κ2) is 2.81. The van der Waals surface area contributed by atoms with Gasteiger partial charge in [-0.25, -0.2) is 14.3 Å². The number of fused-ring (bicyclic) bond motifs is 1. The summed E-state index contributed by atoms with van der Waals surface area (Å²) >= 11 is 3.18. The zero-order valence-corrected chi connectivity index (χ0v) is 7.89. The van der Waals surface area contributed by atoms with E-state index in [2.05, 4.69) is 26.0 Å². The van der Waals surface area contributed by atoms with Crippen LogP contribution in [0.2, 0.25) is 0 Å². The molecular weight excluding hydrogens is 238 g/mol. The monoisotopic (exact) mass is 241 g/mol. The SMILES string of the molecule is O=C(O)c1cc2nc(Br)ccn2n1. The minimum absolute atomic E-state index is 0.00870. The smallest absolute Gasteiger partial charge is 0.356 e. The van der Waals surface area contributed by atoms with E-state index < -0.39 is 5.97 Å². The maximum absolute atomic E-state index is 10.5. The van der Waals surface area contributed by atoms with Gasteiger partial charge in [0.05, 0.1) is 0 Å². The van der Waals surface area contributed by atoms with Crippen LogP contribution in [0.3, 0.4) is 0 Å². The summed E-state index contributed by atoms with van der Waals surface area (Å²) in [4.78, 5) is 14.6. The van der Waals surface area contributed by atoms with E-state index in [1.807, 2.05) is 0 Å². The summed E-state index contributed by atoms with van der Waals surface area (Å²) in [6, 6.07) is 3.10. The van der Waals surface area contributed by atoms with Gasteiger partial charge >= 0.3 is 5.97 Å². The van der Waals surface area contributed by atoms with Gasteiger partial charge in [0.1, 0.15) is 4.60 Å². The highest BCUT2D eigenvalue weighted by Crippen LogP contribution is 2.09. The minimum Gasteiger partial charge on any atom is -0.476 e.